The molecule has 0 aliphatic carbocycles. The molecule has 1 N–H and O–H groups in total. The number of carbonyl (C=O) groups excluding carboxylic acids is 1. The maximum atomic E-state index is 11.9. The molecule has 0 heterocycles. The number of aryl methyl sites for hydroxylation is 3. The van der Waals surface area contributed by atoms with E-state index in [0.717, 1.165) is 35.5 Å². The Morgan fingerprint density at radius 1 is 0.960 bits per heavy atom. The van der Waals surface area contributed by atoms with Gasteiger partial charge in [-0.3, -0.25) is 4.79 Å². The minimum Gasteiger partial charge on any atom is -0.494 e. The van der Waals surface area contributed by atoms with Crippen molar-refractivity contribution in [3.63, 3.8) is 0 Å². The number of nitrogens with one attached hydrogen (secondary N) is 1. The van der Waals surface area contributed by atoms with Crippen molar-refractivity contribution in [2.24, 2.45) is 0 Å². The Labute approximate surface area is 150 Å². The van der Waals surface area contributed by atoms with E-state index in [1.165, 1.54) is 5.56 Å². The molecule has 134 valence electrons. The first-order valence-electron chi connectivity index (χ1n) is 8.76. The van der Waals surface area contributed by atoms with E-state index in [0.29, 0.717) is 13.2 Å². The second kappa shape index (κ2) is 9.72. The lowest BCUT2D eigenvalue weighted by Gasteiger charge is -2.09. The molecule has 4 nitrogen and oxygen atoms in total. The summed E-state index contributed by atoms with van der Waals surface area (Å²) in [6.45, 7) is 7.37. The number of rotatable bonds is 9. The van der Waals surface area contributed by atoms with Gasteiger partial charge in [0.1, 0.15) is 11.5 Å². The van der Waals surface area contributed by atoms with Gasteiger partial charge in [-0.15, -0.1) is 0 Å². The molecule has 2 rings (SSSR count). The van der Waals surface area contributed by atoms with Gasteiger partial charge < -0.3 is 14.8 Å². The van der Waals surface area contributed by atoms with Gasteiger partial charge in [-0.25, -0.2) is 0 Å². The Morgan fingerprint density at radius 3 is 2.28 bits per heavy atom. The van der Waals surface area contributed by atoms with Gasteiger partial charge in [0.2, 0.25) is 0 Å². The summed E-state index contributed by atoms with van der Waals surface area (Å²) in [5, 5.41) is 2.90. The Morgan fingerprint density at radius 2 is 1.64 bits per heavy atom. The predicted octanol–water partition coefficient (Wildman–Crippen LogP) is 3.83. The molecule has 0 aromatic heterocycles. The molecule has 0 spiro atoms. The minimum absolute atomic E-state index is 0.0476. The SMILES string of the molecule is CCOc1ccc(CCCNC(=O)COc2cc(C)cc(C)c2)cc1. The quantitative estimate of drug-likeness (QED) is 0.705. The number of hydrogen-bond acceptors (Lipinski definition) is 3. The zero-order valence-electron chi connectivity index (χ0n) is 15.3. The van der Waals surface area contributed by atoms with Crippen LogP contribution in [0.2, 0.25) is 0 Å². The van der Waals surface area contributed by atoms with Crippen LogP contribution < -0.4 is 14.8 Å². The molecule has 0 aliphatic heterocycles. The summed E-state index contributed by atoms with van der Waals surface area (Å²) in [6.07, 6.45) is 1.81. The van der Waals surface area contributed by atoms with Crippen molar-refractivity contribution in [1.82, 2.24) is 5.32 Å². The van der Waals surface area contributed by atoms with E-state index in [9.17, 15) is 4.79 Å². The highest BCUT2D eigenvalue weighted by molar-refractivity contribution is 5.77. The third-order valence-electron chi connectivity index (χ3n) is 3.76. The summed E-state index contributed by atoms with van der Waals surface area (Å²) in [5.41, 5.74) is 3.50. The number of hydrogen-bond donors (Lipinski definition) is 1. The van der Waals surface area contributed by atoms with E-state index in [4.69, 9.17) is 9.47 Å². The predicted molar refractivity (Wildman–Crippen MR) is 100 cm³/mol. The van der Waals surface area contributed by atoms with E-state index >= 15 is 0 Å². The third-order valence-corrected chi connectivity index (χ3v) is 3.76. The molecule has 0 bridgehead atoms. The molecule has 0 saturated carbocycles. The number of ether oxygens (including phenoxy) is 2. The van der Waals surface area contributed by atoms with Crippen LogP contribution in [0.1, 0.15) is 30.0 Å². The number of amides is 1. The van der Waals surface area contributed by atoms with Crippen molar-refractivity contribution >= 4 is 5.91 Å². The monoisotopic (exact) mass is 341 g/mol. The van der Waals surface area contributed by atoms with Crippen molar-refractivity contribution in [1.29, 1.82) is 0 Å². The molecule has 0 aliphatic rings. The topological polar surface area (TPSA) is 47.6 Å². The first-order valence-corrected chi connectivity index (χ1v) is 8.76. The molecule has 2 aromatic carbocycles. The third kappa shape index (κ3) is 6.87. The van der Waals surface area contributed by atoms with Crippen LogP contribution in [-0.2, 0) is 11.2 Å². The highest BCUT2D eigenvalue weighted by Gasteiger charge is 2.03. The Hall–Kier alpha value is -2.49. The molecule has 2 aromatic rings. The van der Waals surface area contributed by atoms with Crippen molar-refractivity contribution in [2.45, 2.75) is 33.6 Å². The molecule has 0 fully saturated rings. The zero-order chi connectivity index (χ0) is 18.1. The average Bonchev–Trinajstić information content (AvgIpc) is 2.58. The van der Waals surface area contributed by atoms with Crippen molar-refractivity contribution in [3.05, 3.63) is 59.2 Å². The van der Waals surface area contributed by atoms with Gasteiger partial charge in [0.25, 0.3) is 5.91 Å². The summed E-state index contributed by atoms with van der Waals surface area (Å²) in [6, 6.07) is 14.0. The summed E-state index contributed by atoms with van der Waals surface area (Å²) >= 11 is 0. The van der Waals surface area contributed by atoms with Gasteiger partial charge in [-0.1, -0.05) is 18.2 Å². The van der Waals surface area contributed by atoms with Crippen LogP contribution >= 0.6 is 0 Å². The minimum atomic E-state index is -0.0918. The van der Waals surface area contributed by atoms with Crippen LogP contribution in [0.15, 0.2) is 42.5 Å². The van der Waals surface area contributed by atoms with Gasteiger partial charge >= 0.3 is 0 Å². The normalized spacial score (nSPS) is 10.4. The van der Waals surface area contributed by atoms with Gasteiger partial charge in [0.15, 0.2) is 6.61 Å². The highest BCUT2D eigenvalue weighted by atomic mass is 16.5. The summed E-state index contributed by atoms with van der Waals surface area (Å²) in [4.78, 5) is 11.9. The largest absolute Gasteiger partial charge is 0.494 e. The fourth-order valence-electron chi connectivity index (χ4n) is 2.66. The fourth-order valence-corrected chi connectivity index (χ4v) is 2.66. The van der Waals surface area contributed by atoms with Crippen molar-refractivity contribution in [3.8, 4) is 11.5 Å². The lowest BCUT2D eigenvalue weighted by atomic mass is 10.1. The molecular formula is C21H27NO3. The van der Waals surface area contributed by atoms with Crippen LogP contribution in [0.3, 0.4) is 0 Å². The Balaban J connectivity index is 1.65. The smallest absolute Gasteiger partial charge is 0.257 e. The van der Waals surface area contributed by atoms with Crippen LogP contribution in [0.4, 0.5) is 0 Å². The molecule has 1 amide bonds. The van der Waals surface area contributed by atoms with Crippen LogP contribution in [0.5, 0.6) is 11.5 Å². The molecule has 0 atom stereocenters. The van der Waals surface area contributed by atoms with Crippen molar-refractivity contribution in [2.75, 3.05) is 19.8 Å². The van der Waals surface area contributed by atoms with E-state index in [1.54, 1.807) is 0 Å². The first kappa shape index (κ1) is 18.8. The lowest BCUT2D eigenvalue weighted by molar-refractivity contribution is -0.123. The maximum absolute atomic E-state index is 11.9. The van der Waals surface area contributed by atoms with Gasteiger partial charge in [0, 0.05) is 6.54 Å². The highest BCUT2D eigenvalue weighted by Crippen LogP contribution is 2.16. The summed E-state index contributed by atoms with van der Waals surface area (Å²) in [7, 11) is 0. The van der Waals surface area contributed by atoms with E-state index in [-0.39, 0.29) is 12.5 Å². The number of carbonyl (C=O) groups is 1. The molecule has 25 heavy (non-hydrogen) atoms. The van der Waals surface area contributed by atoms with E-state index in [2.05, 4.69) is 23.5 Å². The van der Waals surface area contributed by atoms with Crippen LogP contribution in [0, 0.1) is 13.8 Å². The summed E-state index contributed by atoms with van der Waals surface area (Å²) in [5.74, 6) is 1.54. The fraction of sp³-hybridized carbons (Fsp3) is 0.381. The van der Waals surface area contributed by atoms with Crippen LogP contribution in [0.25, 0.3) is 0 Å². The molecular weight excluding hydrogens is 314 g/mol. The standard InChI is InChI=1S/C21H27NO3/c1-4-24-19-9-7-18(8-10-19)6-5-11-22-21(23)15-25-20-13-16(2)12-17(3)14-20/h7-10,12-14H,4-6,11,15H2,1-3H3,(H,22,23). The number of benzene rings is 2. The van der Waals surface area contributed by atoms with E-state index < -0.39 is 0 Å². The second-order valence-electron chi connectivity index (χ2n) is 6.14. The van der Waals surface area contributed by atoms with Crippen molar-refractivity contribution < 1.29 is 14.3 Å². The molecule has 0 unspecified atom stereocenters. The molecule has 4 heteroatoms. The Bertz CT molecular complexity index is 660. The molecule has 0 saturated heterocycles. The maximum Gasteiger partial charge on any atom is 0.257 e. The Kier molecular flexibility index (Phi) is 7.33. The van der Waals surface area contributed by atoms with Gasteiger partial charge in [0.05, 0.1) is 6.61 Å². The first-order chi connectivity index (χ1) is 12.1. The van der Waals surface area contributed by atoms with Gasteiger partial charge in [-0.2, -0.15) is 0 Å². The van der Waals surface area contributed by atoms with E-state index in [1.807, 2.05) is 45.0 Å². The van der Waals surface area contributed by atoms with Crippen LogP contribution in [-0.4, -0.2) is 25.7 Å². The average molecular weight is 341 g/mol. The summed E-state index contributed by atoms with van der Waals surface area (Å²) < 4.78 is 11.0. The van der Waals surface area contributed by atoms with Gasteiger partial charge in [-0.05, 0) is 74.6 Å². The lowest BCUT2D eigenvalue weighted by Crippen LogP contribution is -2.29. The molecule has 0 radical (unpaired) electrons. The second-order valence-corrected chi connectivity index (χ2v) is 6.14. The zero-order valence-corrected chi connectivity index (χ0v) is 15.3.